The molecule has 0 aliphatic carbocycles. The fourth-order valence-electron chi connectivity index (χ4n) is 1.89. The number of halogens is 2. The monoisotopic (exact) mass is 454 g/mol. The standard InChI is InChI=1S/C18H16Br2O4/c1-12(10-11-17(21)22)18(23-15-8-4-2-6-13(15)19)24-16-9-5-3-7-14(16)20/h2-12,18H,1H3,(H,21,22). The van der Waals surface area contributed by atoms with E-state index in [1.807, 2.05) is 55.5 Å². The van der Waals surface area contributed by atoms with Crippen LogP contribution in [0.1, 0.15) is 6.92 Å². The summed E-state index contributed by atoms with van der Waals surface area (Å²) in [7, 11) is 0. The third-order valence-corrected chi connectivity index (χ3v) is 4.44. The Morgan fingerprint density at radius 1 is 1.00 bits per heavy atom. The Morgan fingerprint density at radius 3 is 1.88 bits per heavy atom. The zero-order valence-corrected chi connectivity index (χ0v) is 16.0. The number of rotatable bonds is 7. The molecule has 1 unspecified atom stereocenters. The van der Waals surface area contributed by atoms with Crippen LogP contribution in [0, 0.1) is 5.92 Å². The summed E-state index contributed by atoms with van der Waals surface area (Å²) in [5.41, 5.74) is 0. The molecule has 2 aromatic rings. The Balaban J connectivity index is 2.25. The summed E-state index contributed by atoms with van der Waals surface area (Å²) in [5.74, 6) is -0.0713. The third-order valence-electron chi connectivity index (χ3n) is 3.13. The number of hydrogen-bond acceptors (Lipinski definition) is 3. The van der Waals surface area contributed by atoms with Crippen LogP contribution in [0.2, 0.25) is 0 Å². The molecule has 1 N–H and O–H groups in total. The number of hydrogen-bond donors (Lipinski definition) is 1. The van der Waals surface area contributed by atoms with E-state index in [-0.39, 0.29) is 5.92 Å². The van der Waals surface area contributed by atoms with Gasteiger partial charge in [0.25, 0.3) is 0 Å². The molecular weight excluding hydrogens is 440 g/mol. The predicted molar refractivity (Wildman–Crippen MR) is 99.3 cm³/mol. The topological polar surface area (TPSA) is 55.8 Å². The van der Waals surface area contributed by atoms with E-state index in [1.54, 1.807) is 6.08 Å². The zero-order valence-electron chi connectivity index (χ0n) is 12.9. The van der Waals surface area contributed by atoms with Crippen LogP contribution in [0.25, 0.3) is 0 Å². The van der Waals surface area contributed by atoms with Crippen LogP contribution in [-0.2, 0) is 4.79 Å². The van der Waals surface area contributed by atoms with Crippen LogP contribution in [0.15, 0.2) is 69.6 Å². The molecule has 0 spiro atoms. The minimum Gasteiger partial charge on any atom is -0.478 e. The van der Waals surface area contributed by atoms with Gasteiger partial charge < -0.3 is 14.6 Å². The van der Waals surface area contributed by atoms with Crippen LogP contribution >= 0.6 is 31.9 Å². The van der Waals surface area contributed by atoms with Crippen LogP contribution < -0.4 is 9.47 Å². The molecule has 0 amide bonds. The predicted octanol–water partition coefficient (Wildman–Crippen LogP) is 5.27. The maximum Gasteiger partial charge on any atom is 0.327 e. The summed E-state index contributed by atoms with van der Waals surface area (Å²) in [4.78, 5) is 10.8. The van der Waals surface area contributed by atoms with Gasteiger partial charge in [-0.05, 0) is 56.1 Å². The molecule has 2 rings (SSSR count). The van der Waals surface area contributed by atoms with Crippen molar-refractivity contribution in [3.8, 4) is 11.5 Å². The number of carbonyl (C=O) groups is 1. The van der Waals surface area contributed by atoms with Crippen molar-refractivity contribution in [2.75, 3.05) is 0 Å². The molecule has 6 heteroatoms. The largest absolute Gasteiger partial charge is 0.478 e. The molecule has 24 heavy (non-hydrogen) atoms. The van der Waals surface area contributed by atoms with Gasteiger partial charge in [0.05, 0.1) is 8.95 Å². The van der Waals surface area contributed by atoms with E-state index in [0.29, 0.717) is 11.5 Å². The molecule has 0 bridgehead atoms. The fraction of sp³-hybridized carbons (Fsp3) is 0.167. The molecule has 0 aromatic heterocycles. The zero-order chi connectivity index (χ0) is 17.5. The lowest BCUT2D eigenvalue weighted by molar-refractivity contribution is -0.131. The molecule has 2 aromatic carbocycles. The molecule has 0 heterocycles. The molecule has 0 radical (unpaired) electrons. The maximum absolute atomic E-state index is 10.8. The molecule has 0 aliphatic rings. The summed E-state index contributed by atoms with van der Waals surface area (Å²) in [6, 6.07) is 14.8. The Hall–Kier alpha value is -1.79. The van der Waals surface area contributed by atoms with Gasteiger partial charge >= 0.3 is 5.97 Å². The van der Waals surface area contributed by atoms with Crippen molar-refractivity contribution in [1.29, 1.82) is 0 Å². The lowest BCUT2D eigenvalue weighted by atomic mass is 10.1. The first-order valence-electron chi connectivity index (χ1n) is 7.21. The molecule has 0 saturated carbocycles. The first-order chi connectivity index (χ1) is 11.5. The van der Waals surface area contributed by atoms with Gasteiger partial charge in [0.1, 0.15) is 11.5 Å². The van der Waals surface area contributed by atoms with Gasteiger partial charge in [0, 0.05) is 12.0 Å². The lowest BCUT2D eigenvalue weighted by Gasteiger charge is -2.25. The van der Waals surface area contributed by atoms with Gasteiger partial charge in [0.15, 0.2) is 0 Å². The molecule has 0 saturated heterocycles. The van der Waals surface area contributed by atoms with Gasteiger partial charge in [-0.2, -0.15) is 0 Å². The van der Waals surface area contributed by atoms with Gasteiger partial charge in [-0.3, -0.25) is 0 Å². The number of para-hydroxylation sites is 2. The number of carboxylic acids is 1. The highest BCUT2D eigenvalue weighted by molar-refractivity contribution is 9.10. The summed E-state index contributed by atoms with van der Waals surface area (Å²) < 4.78 is 13.5. The summed E-state index contributed by atoms with van der Waals surface area (Å²) >= 11 is 6.87. The normalized spacial score (nSPS) is 12.3. The van der Waals surface area contributed by atoms with E-state index >= 15 is 0 Å². The Labute approximate surface area is 157 Å². The van der Waals surface area contributed by atoms with E-state index in [1.165, 1.54) is 0 Å². The fourth-order valence-corrected chi connectivity index (χ4v) is 2.65. The molecule has 1 atom stereocenters. The van der Waals surface area contributed by atoms with Crippen molar-refractivity contribution in [2.45, 2.75) is 13.2 Å². The van der Waals surface area contributed by atoms with Crippen molar-refractivity contribution in [1.82, 2.24) is 0 Å². The first kappa shape index (κ1) is 18.5. The van der Waals surface area contributed by atoms with E-state index < -0.39 is 12.3 Å². The quantitative estimate of drug-likeness (QED) is 0.456. The summed E-state index contributed by atoms with van der Waals surface area (Å²) in [5, 5.41) is 8.83. The van der Waals surface area contributed by atoms with Crippen molar-refractivity contribution in [3.63, 3.8) is 0 Å². The maximum atomic E-state index is 10.8. The van der Waals surface area contributed by atoms with Crippen LogP contribution in [0.4, 0.5) is 0 Å². The lowest BCUT2D eigenvalue weighted by Crippen LogP contribution is -2.30. The van der Waals surface area contributed by atoms with Gasteiger partial charge in [-0.15, -0.1) is 0 Å². The van der Waals surface area contributed by atoms with E-state index in [2.05, 4.69) is 31.9 Å². The van der Waals surface area contributed by atoms with E-state index in [9.17, 15) is 4.79 Å². The van der Waals surface area contributed by atoms with Crippen molar-refractivity contribution < 1.29 is 19.4 Å². The Morgan fingerprint density at radius 2 is 1.46 bits per heavy atom. The minimum absolute atomic E-state index is 0.291. The molecule has 4 nitrogen and oxygen atoms in total. The van der Waals surface area contributed by atoms with Gasteiger partial charge in [-0.25, -0.2) is 4.79 Å². The van der Waals surface area contributed by atoms with Gasteiger partial charge in [0.2, 0.25) is 6.29 Å². The highest BCUT2D eigenvalue weighted by Gasteiger charge is 2.21. The Kier molecular flexibility index (Phi) is 6.87. The number of ether oxygens (including phenoxy) is 2. The van der Waals surface area contributed by atoms with Crippen molar-refractivity contribution in [2.24, 2.45) is 5.92 Å². The second-order valence-electron chi connectivity index (χ2n) is 5.02. The molecule has 126 valence electrons. The minimum atomic E-state index is -1.01. The first-order valence-corrected chi connectivity index (χ1v) is 8.79. The van der Waals surface area contributed by atoms with Crippen molar-refractivity contribution >= 4 is 37.8 Å². The average Bonchev–Trinajstić information content (AvgIpc) is 2.55. The molecule has 0 fully saturated rings. The number of benzene rings is 2. The SMILES string of the molecule is CC(C=CC(=O)O)C(Oc1ccccc1Br)Oc1ccccc1Br. The summed E-state index contributed by atoms with van der Waals surface area (Å²) in [6.45, 7) is 1.83. The van der Waals surface area contributed by atoms with E-state index in [4.69, 9.17) is 14.6 Å². The van der Waals surface area contributed by atoms with E-state index in [0.717, 1.165) is 15.0 Å². The van der Waals surface area contributed by atoms with Crippen LogP contribution in [0.5, 0.6) is 11.5 Å². The van der Waals surface area contributed by atoms with Gasteiger partial charge in [-0.1, -0.05) is 37.3 Å². The highest BCUT2D eigenvalue weighted by Crippen LogP contribution is 2.30. The third kappa shape index (κ3) is 5.39. The second-order valence-corrected chi connectivity index (χ2v) is 6.73. The molecule has 0 aliphatic heterocycles. The van der Waals surface area contributed by atoms with Crippen molar-refractivity contribution in [3.05, 3.63) is 69.6 Å². The number of aliphatic carboxylic acids is 1. The average molecular weight is 456 g/mol. The van der Waals surface area contributed by atoms with Crippen LogP contribution in [-0.4, -0.2) is 17.4 Å². The Bertz CT molecular complexity index is 683. The van der Waals surface area contributed by atoms with Crippen LogP contribution in [0.3, 0.4) is 0 Å². The molecular formula is C18H16Br2O4. The smallest absolute Gasteiger partial charge is 0.327 e. The number of carboxylic acid groups (broad SMARTS) is 1. The summed E-state index contributed by atoms with van der Waals surface area (Å²) in [6.07, 6.45) is 1.93. The second kappa shape index (κ2) is 8.89. The highest BCUT2D eigenvalue weighted by atomic mass is 79.9.